The van der Waals surface area contributed by atoms with Crippen LogP contribution in [0.3, 0.4) is 0 Å². The number of aromatic nitrogens is 3. The number of fused-ring (bicyclic) bond motifs is 1. The zero-order valence-corrected chi connectivity index (χ0v) is 11.5. The van der Waals surface area contributed by atoms with Crippen molar-refractivity contribution in [3.63, 3.8) is 0 Å². The van der Waals surface area contributed by atoms with E-state index in [1.165, 1.54) is 0 Å². The van der Waals surface area contributed by atoms with E-state index in [0.717, 1.165) is 29.6 Å². The van der Waals surface area contributed by atoms with Crippen LogP contribution in [0.5, 0.6) is 5.88 Å². The summed E-state index contributed by atoms with van der Waals surface area (Å²) in [6.45, 7) is 0.888. The highest BCUT2D eigenvalue weighted by Crippen LogP contribution is 2.13. The van der Waals surface area contributed by atoms with Crippen molar-refractivity contribution < 1.29 is 9.53 Å². The van der Waals surface area contributed by atoms with Gasteiger partial charge in [-0.1, -0.05) is 0 Å². The number of carbonyl (C=O) groups excluding carboxylic acids is 1. The van der Waals surface area contributed by atoms with E-state index in [2.05, 4.69) is 31.3 Å². The van der Waals surface area contributed by atoms with Gasteiger partial charge in [0.25, 0.3) is 0 Å². The Morgan fingerprint density at radius 2 is 2.33 bits per heavy atom. The van der Waals surface area contributed by atoms with Gasteiger partial charge in [0.05, 0.1) is 13.3 Å². The number of amides is 1. The van der Waals surface area contributed by atoms with Crippen molar-refractivity contribution in [2.24, 2.45) is 0 Å². The van der Waals surface area contributed by atoms with Gasteiger partial charge in [-0.25, -0.2) is 9.50 Å². The third kappa shape index (κ3) is 2.98. The van der Waals surface area contributed by atoms with Crippen LogP contribution in [0.1, 0.15) is 12.8 Å². The predicted molar refractivity (Wildman–Crippen MR) is 69.5 cm³/mol. The Balaban J connectivity index is 0.000000169. The normalized spacial score (nSPS) is 14.0. The first kappa shape index (κ1) is 12.8. The number of methoxy groups -OCH3 is 1. The van der Waals surface area contributed by atoms with Gasteiger partial charge < -0.3 is 10.1 Å². The van der Waals surface area contributed by atoms with E-state index in [0.29, 0.717) is 5.88 Å². The SMILES string of the molecule is COc1ccc2ncc(Br)n2n1.O=C1CCCN1. The van der Waals surface area contributed by atoms with E-state index in [9.17, 15) is 4.79 Å². The maximum atomic E-state index is 10.1. The lowest BCUT2D eigenvalue weighted by Crippen LogP contribution is -2.12. The standard InChI is InChI=1S/C7H6BrN3O.C4H7NO/c1-12-7-3-2-6-9-4-5(8)11(6)10-7;6-4-2-1-3-5-4/h2-4H,1H3;1-3H2,(H,5,6). The summed E-state index contributed by atoms with van der Waals surface area (Å²) >= 11 is 3.31. The largest absolute Gasteiger partial charge is 0.480 e. The summed E-state index contributed by atoms with van der Waals surface area (Å²) < 4.78 is 7.45. The Morgan fingerprint density at radius 1 is 1.50 bits per heavy atom. The summed E-state index contributed by atoms with van der Waals surface area (Å²) in [5.41, 5.74) is 0.794. The molecule has 6 nitrogen and oxygen atoms in total. The Labute approximate surface area is 112 Å². The van der Waals surface area contributed by atoms with Crippen LogP contribution in [0, 0.1) is 0 Å². The number of carbonyl (C=O) groups is 1. The van der Waals surface area contributed by atoms with Crippen LogP contribution in [0.2, 0.25) is 0 Å². The molecule has 0 saturated carbocycles. The maximum Gasteiger partial charge on any atom is 0.231 e. The second-order valence-corrected chi connectivity index (χ2v) is 4.49. The summed E-state index contributed by atoms with van der Waals surface area (Å²) in [5.74, 6) is 0.774. The number of ether oxygens (including phenoxy) is 1. The number of hydrogen-bond donors (Lipinski definition) is 1. The van der Waals surface area contributed by atoms with E-state index in [-0.39, 0.29) is 5.91 Å². The molecule has 2 aromatic rings. The van der Waals surface area contributed by atoms with Crippen molar-refractivity contribution in [3.8, 4) is 5.88 Å². The van der Waals surface area contributed by atoms with Gasteiger partial charge in [-0.2, -0.15) is 0 Å². The molecule has 1 aliphatic rings. The smallest absolute Gasteiger partial charge is 0.231 e. The monoisotopic (exact) mass is 312 g/mol. The predicted octanol–water partition coefficient (Wildman–Crippen LogP) is 1.40. The molecule has 0 radical (unpaired) electrons. The Bertz CT molecular complexity index is 547. The number of hydrogen-bond acceptors (Lipinski definition) is 4. The molecule has 2 aromatic heterocycles. The van der Waals surface area contributed by atoms with Gasteiger partial charge in [-0.05, 0) is 28.4 Å². The van der Waals surface area contributed by atoms with Gasteiger partial charge in [0, 0.05) is 19.0 Å². The molecule has 0 unspecified atom stereocenters. The van der Waals surface area contributed by atoms with Crippen LogP contribution >= 0.6 is 15.9 Å². The van der Waals surface area contributed by atoms with Crippen molar-refractivity contribution in [1.82, 2.24) is 19.9 Å². The van der Waals surface area contributed by atoms with Gasteiger partial charge in [-0.15, -0.1) is 5.10 Å². The highest BCUT2D eigenvalue weighted by Gasteiger charge is 2.05. The average molecular weight is 313 g/mol. The van der Waals surface area contributed by atoms with Crippen LogP contribution in [-0.2, 0) is 4.79 Å². The first-order chi connectivity index (χ1) is 8.70. The van der Waals surface area contributed by atoms with Crippen LogP contribution in [0.4, 0.5) is 0 Å². The molecule has 1 N–H and O–H groups in total. The minimum atomic E-state index is 0.204. The van der Waals surface area contributed by atoms with Gasteiger partial charge in [0.2, 0.25) is 11.8 Å². The first-order valence-electron chi connectivity index (χ1n) is 5.51. The quantitative estimate of drug-likeness (QED) is 0.864. The molecular weight excluding hydrogens is 300 g/mol. The molecule has 0 aliphatic carbocycles. The molecule has 3 heterocycles. The minimum Gasteiger partial charge on any atom is -0.480 e. The third-order valence-corrected chi connectivity index (χ3v) is 2.95. The number of imidazole rings is 1. The van der Waals surface area contributed by atoms with E-state index in [1.54, 1.807) is 23.9 Å². The van der Waals surface area contributed by atoms with Gasteiger partial charge in [0.15, 0.2) is 5.65 Å². The summed E-state index contributed by atoms with van der Waals surface area (Å²) in [7, 11) is 1.58. The summed E-state index contributed by atoms with van der Waals surface area (Å²) in [4.78, 5) is 14.2. The molecule has 0 bridgehead atoms. The van der Waals surface area contributed by atoms with Gasteiger partial charge >= 0.3 is 0 Å². The van der Waals surface area contributed by atoms with Crippen molar-refractivity contribution in [1.29, 1.82) is 0 Å². The fourth-order valence-corrected chi connectivity index (χ4v) is 1.87. The molecule has 1 amide bonds. The second kappa shape index (κ2) is 5.81. The number of nitrogens with one attached hydrogen (secondary N) is 1. The van der Waals surface area contributed by atoms with E-state index < -0.39 is 0 Å². The first-order valence-corrected chi connectivity index (χ1v) is 6.31. The topological polar surface area (TPSA) is 68.5 Å². The van der Waals surface area contributed by atoms with Crippen LogP contribution in [0.25, 0.3) is 5.65 Å². The second-order valence-electron chi connectivity index (χ2n) is 3.68. The summed E-state index contributed by atoms with van der Waals surface area (Å²) in [5, 5.41) is 6.82. The molecule has 96 valence electrons. The van der Waals surface area contributed by atoms with Gasteiger partial charge in [-0.3, -0.25) is 4.79 Å². The Hall–Kier alpha value is -1.63. The molecule has 0 aromatic carbocycles. The van der Waals surface area contributed by atoms with E-state index in [1.807, 2.05) is 6.07 Å². The lowest BCUT2D eigenvalue weighted by molar-refractivity contribution is -0.119. The fraction of sp³-hybridized carbons (Fsp3) is 0.364. The van der Waals surface area contributed by atoms with Crippen molar-refractivity contribution in [2.75, 3.05) is 13.7 Å². The highest BCUT2D eigenvalue weighted by molar-refractivity contribution is 9.10. The zero-order valence-electron chi connectivity index (χ0n) is 9.89. The molecule has 1 fully saturated rings. The van der Waals surface area contributed by atoms with Crippen LogP contribution in [0.15, 0.2) is 22.9 Å². The highest BCUT2D eigenvalue weighted by atomic mass is 79.9. The number of halogens is 1. The molecule has 0 atom stereocenters. The lowest BCUT2D eigenvalue weighted by atomic mass is 10.4. The van der Waals surface area contributed by atoms with Crippen molar-refractivity contribution in [3.05, 3.63) is 22.9 Å². The summed E-state index contributed by atoms with van der Waals surface area (Å²) in [6, 6.07) is 3.62. The Kier molecular flexibility index (Phi) is 4.14. The lowest BCUT2D eigenvalue weighted by Gasteiger charge is -1.98. The minimum absolute atomic E-state index is 0.204. The number of nitrogens with zero attached hydrogens (tertiary/aromatic N) is 3. The fourth-order valence-electron chi connectivity index (χ4n) is 1.50. The average Bonchev–Trinajstić information content (AvgIpc) is 3.00. The van der Waals surface area contributed by atoms with Crippen molar-refractivity contribution in [2.45, 2.75) is 12.8 Å². The molecule has 3 rings (SSSR count). The van der Waals surface area contributed by atoms with E-state index >= 15 is 0 Å². The van der Waals surface area contributed by atoms with Crippen molar-refractivity contribution >= 4 is 27.5 Å². The molecule has 1 saturated heterocycles. The molecule has 1 aliphatic heterocycles. The Morgan fingerprint density at radius 3 is 2.89 bits per heavy atom. The number of rotatable bonds is 1. The maximum absolute atomic E-state index is 10.1. The molecule has 7 heteroatoms. The van der Waals surface area contributed by atoms with Gasteiger partial charge in [0.1, 0.15) is 4.60 Å². The molecule has 18 heavy (non-hydrogen) atoms. The zero-order chi connectivity index (χ0) is 13.0. The molecule has 0 spiro atoms. The van der Waals surface area contributed by atoms with E-state index in [4.69, 9.17) is 4.74 Å². The van der Waals surface area contributed by atoms with Crippen LogP contribution in [-0.4, -0.2) is 34.2 Å². The summed E-state index contributed by atoms with van der Waals surface area (Å²) in [6.07, 6.45) is 3.46. The van der Waals surface area contributed by atoms with Crippen LogP contribution < -0.4 is 10.1 Å². The third-order valence-electron chi connectivity index (χ3n) is 2.41. The molecular formula is C11H13BrN4O2.